The molecule has 4 nitrogen and oxygen atoms in total. The molecule has 1 aromatic heterocycles. The van der Waals surface area contributed by atoms with Crippen LogP contribution in [0, 0.1) is 6.92 Å². The highest BCUT2D eigenvalue weighted by atomic mass is 16.5. The number of aromatic amines is 1. The fourth-order valence-corrected chi connectivity index (χ4v) is 2.55. The maximum absolute atomic E-state index is 11.4. The van der Waals surface area contributed by atoms with Gasteiger partial charge < -0.3 is 9.72 Å². The summed E-state index contributed by atoms with van der Waals surface area (Å²) in [6.45, 7) is 5.63. The lowest BCUT2D eigenvalue weighted by atomic mass is 10.1. The molecule has 1 saturated heterocycles. The standard InChI is InChI=1S/C14H16N2O2/c1-10-8-14(17)15-13-3-2-11(9-12(10)13)16-4-6-18-7-5-16/h2-3,8-9H,4-7H2,1H3,(H,15,17)/p+1. The number of aromatic nitrogens is 1. The first-order chi connectivity index (χ1) is 8.74. The largest absolute Gasteiger partial charge is 0.370 e. The summed E-state index contributed by atoms with van der Waals surface area (Å²) in [5, 5.41) is 1.13. The van der Waals surface area contributed by atoms with Crippen LogP contribution in [-0.4, -0.2) is 31.3 Å². The van der Waals surface area contributed by atoms with E-state index < -0.39 is 0 Å². The third-order valence-corrected chi connectivity index (χ3v) is 3.55. The Kier molecular flexibility index (Phi) is 2.89. The molecule has 3 rings (SSSR count). The molecule has 1 fully saturated rings. The number of hydrogen-bond donors (Lipinski definition) is 2. The summed E-state index contributed by atoms with van der Waals surface area (Å²) in [5.74, 6) is 0. The molecule has 0 spiro atoms. The molecule has 1 aliphatic rings. The molecule has 94 valence electrons. The van der Waals surface area contributed by atoms with E-state index in [1.54, 1.807) is 6.07 Å². The predicted octanol–water partition coefficient (Wildman–Crippen LogP) is 0.383. The third-order valence-electron chi connectivity index (χ3n) is 3.55. The minimum atomic E-state index is -0.0357. The van der Waals surface area contributed by atoms with Gasteiger partial charge in [-0.2, -0.15) is 0 Å². The number of nitrogens with one attached hydrogen (secondary N) is 2. The van der Waals surface area contributed by atoms with Crippen LogP contribution in [0.3, 0.4) is 0 Å². The van der Waals surface area contributed by atoms with Crippen molar-refractivity contribution in [2.75, 3.05) is 26.3 Å². The Morgan fingerprint density at radius 1 is 1.22 bits per heavy atom. The van der Waals surface area contributed by atoms with Crippen LogP contribution in [0.1, 0.15) is 5.56 Å². The summed E-state index contributed by atoms with van der Waals surface area (Å²) in [5.41, 5.74) is 3.19. The molecule has 0 atom stereocenters. The molecule has 1 aromatic carbocycles. The van der Waals surface area contributed by atoms with Gasteiger partial charge in [-0.15, -0.1) is 0 Å². The van der Waals surface area contributed by atoms with Crippen molar-refractivity contribution in [1.29, 1.82) is 0 Å². The minimum Gasteiger partial charge on any atom is -0.370 e. The van der Waals surface area contributed by atoms with Crippen LogP contribution in [0.15, 0.2) is 29.1 Å². The number of quaternary nitrogens is 1. The first-order valence-corrected chi connectivity index (χ1v) is 6.30. The number of morpholine rings is 1. The van der Waals surface area contributed by atoms with Crippen LogP contribution in [0.5, 0.6) is 0 Å². The second-order valence-corrected chi connectivity index (χ2v) is 4.79. The molecule has 2 N–H and O–H groups in total. The smallest absolute Gasteiger partial charge is 0.248 e. The van der Waals surface area contributed by atoms with Gasteiger partial charge in [0.2, 0.25) is 5.56 Å². The van der Waals surface area contributed by atoms with E-state index in [9.17, 15) is 4.79 Å². The van der Waals surface area contributed by atoms with E-state index in [-0.39, 0.29) is 5.56 Å². The zero-order chi connectivity index (χ0) is 12.5. The number of ether oxygens (including phenoxy) is 1. The van der Waals surface area contributed by atoms with Crippen molar-refractivity contribution in [3.8, 4) is 0 Å². The van der Waals surface area contributed by atoms with E-state index >= 15 is 0 Å². The van der Waals surface area contributed by atoms with Gasteiger partial charge in [-0.25, -0.2) is 0 Å². The van der Waals surface area contributed by atoms with Crippen molar-refractivity contribution in [3.05, 3.63) is 40.2 Å². The van der Waals surface area contributed by atoms with E-state index in [1.165, 1.54) is 10.6 Å². The SMILES string of the molecule is Cc1cc(=O)[nH]c2ccc([NH+]3CCOCC3)cc12. The molecular formula is C14H17N2O2+. The van der Waals surface area contributed by atoms with Gasteiger partial charge in [0.05, 0.1) is 13.2 Å². The van der Waals surface area contributed by atoms with Gasteiger partial charge in [-0.3, -0.25) is 9.69 Å². The van der Waals surface area contributed by atoms with Gasteiger partial charge >= 0.3 is 0 Å². The molecular weight excluding hydrogens is 228 g/mol. The van der Waals surface area contributed by atoms with Crippen molar-refractivity contribution in [2.45, 2.75) is 6.92 Å². The molecule has 0 radical (unpaired) electrons. The van der Waals surface area contributed by atoms with Crippen LogP contribution < -0.4 is 10.5 Å². The maximum Gasteiger partial charge on any atom is 0.248 e. The second kappa shape index (κ2) is 4.55. The van der Waals surface area contributed by atoms with Crippen LogP contribution in [0.2, 0.25) is 0 Å². The summed E-state index contributed by atoms with van der Waals surface area (Å²) >= 11 is 0. The van der Waals surface area contributed by atoms with Crippen LogP contribution >= 0.6 is 0 Å². The van der Waals surface area contributed by atoms with Gasteiger partial charge in [-0.05, 0) is 18.6 Å². The Balaban J connectivity index is 2.07. The second-order valence-electron chi connectivity index (χ2n) is 4.79. The van der Waals surface area contributed by atoms with E-state index in [2.05, 4.69) is 17.1 Å². The normalized spacial score (nSPS) is 17.2. The molecule has 4 heteroatoms. The average Bonchev–Trinajstić information content (AvgIpc) is 2.39. The van der Waals surface area contributed by atoms with Gasteiger partial charge in [0.15, 0.2) is 0 Å². The topological polar surface area (TPSA) is 46.5 Å². The summed E-state index contributed by atoms with van der Waals surface area (Å²) in [6, 6.07) is 7.93. The maximum atomic E-state index is 11.4. The molecule has 0 aliphatic carbocycles. The molecule has 2 aromatic rings. The highest BCUT2D eigenvalue weighted by Crippen LogP contribution is 2.17. The van der Waals surface area contributed by atoms with Crippen molar-refractivity contribution < 1.29 is 9.64 Å². The number of pyridine rings is 1. The Bertz CT molecular complexity index is 627. The van der Waals surface area contributed by atoms with Crippen LogP contribution in [-0.2, 0) is 4.74 Å². The van der Waals surface area contributed by atoms with Crippen LogP contribution in [0.25, 0.3) is 10.9 Å². The molecule has 2 heterocycles. The highest BCUT2D eigenvalue weighted by molar-refractivity contribution is 5.83. The minimum absolute atomic E-state index is 0.0357. The lowest BCUT2D eigenvalue weighted by Crippen LogP contribution is -3.09. The fraction of sp³-hybridized carbons (Fsp3) is 0.357. The summed E-state index contributed by atoms with van der Waals surface area (Å²) in [7, 11) is 0. The number of aryl methyl sites for hydroxylation is 1. The highest BCUT2D eigenvalue weighted by Gasteiger charge is 2.17. The number of fused-ring (bicyclic) bond motifs is 1. The average molecular weight is 245 g/mol. The molecule has 18 heavy (non-hydrogen) atoms. The van der Waals surface area contributed by atoms with E-state index in [0.29, 0.717) is 0 Å². The number of hydrogen-bond acceptors (Lipinski definition) is 2. The predicted molar refractivity (Wildman–Crippen MR) is 70.5 cm³/mol. The lowest BCUT2D eigenvalue weighted by molar-refractivity contribution is -0.842. The molecule has 0 bridgehead atoms. The first kappa shape index (κ1) is 11.4. The van der Waals surface area contributed by atoms with Crippen LogP contribution in [0.4, 0.5) is 5.69 Å². The number of H-pyrrole nitrogens is 1. The van der Waals surface area contributed by atoms with Crippen molar-refractivity contribution in [2.24, 2.45) is 0 Å². The number of benzene rings is 1. The number of rotatable bonds is 1. The van der Waals surface area contributed by atoms with Gasteiger partial charge in [0, 0.05) is 29.1 Å². The van der Waals surface area contributed by atoms with Gasteiger partial charge in [-0.1, -0.05) is 0 Å². The molecule has 0 amide bonds. The van der Waals surface area contributed by atoms with E-state index in [0.717, 1.165) is 42.8 Å². The third kappa shape index (κ3) is 2.05. The summed E-state index contributed by atoms with van der Waals surface area (Å²) in [6.07, 6.45) is 0. The molecule has 1 aliphatic heterocycles. The van der Waals surface area contributed by atoms with E-state index in [4.69, 9.17) is 4.74 Å². The van der Waals surface area contributed by atoms with Gasteiger partial charge in [0.25, 0.3) is 0 Å². The fourth-order valence-electron chi connectivity index (χ4n) is 2.55. The zero-order valence-electron chi connectivity index (χ0n) is 10.5. The van der Waals surface area contributed by atoms with E-state index in [1.807, 2.05) is 13.0 Å². The summed E-state index contributed by atoms with van der Waals surface area (Å²) in [4.78, 5) is 15.7. The first-order valence-electron chi connectivity index (χ1n) is 6.30. The Hall–Kier alpha value is -1.65. The summed E-state index contributed by atoms with van der Waals surface area (Å²) < 4.78 is 5.38. The Morgan fingerprint density at radius 3 is 2.78 bits per heavy atom. The Morgan fingerprint density at radius 2 is 2.00 bits per heavy atom. The lowest BCUT2D eigenvalue weighted by Gasteiger charge is -2.23. The van der Waals surface area contributed by atoms with Crippen molar-refractivity contribution in [3.63, 3.8) is 0 Å². The molecule has 0 unspecified atom stereocenters. The van der Waals surface area contributed by atoms with Crippen molar-refractivity contribution >= 4 is 16.6 Å². The zero-order valence-corrected chi connectivity index (χ0v) is 10.5. The quantitative estimate of drug-likeness (QED) is 0.763. The monoisotopic (exact) mass is 245 g/mol. The van der Waals surface area contributed by atoms with Crippen molar-refractivity contribution in [1.82, 2.24) is 4.98 Å². The molecule has 0 saturated carbocycles. The van der Waals surface area contributed by atoms with Gasteiger partial charge in [0.1, 0.15) is 18.8 Å². The Labute approximate surface area is 105 Å².